The van der Waals surface area contributed by atoms with E-state index in [1.807, 2.05) is 49.6 Å². The van der Waals surface area contributed by atoms with E-state index in [-0.39, 0.29) is 25.0 Å². The van der Waals surface area contributed by atoms with Gasteiger partial charge in [-0.1, -0.05) is 12.1 Å². The van der Waals surface area contributed by atoms with Gasteiger partial charge in [0.05, 0.1) is 17.3 Å². The predicted molar refractivity (Wildman–Crippen MR) is 154 cm³/mol. The monoisotopic (exact) mass is 562 g/mol. The van der Waals surface area contributed by atoms with Crippen LogP contribution in [0, 0.1) is 0 Å². The molecule has 1 aliphatic rings. The Kier molecular flexibility index (Phi) is 7.67. The summed E-state index contributed by atoms with van der Waals surface area (Å²) in [6, 6.07) is 16.1. The number of rotatable bonds is 7. The van der Waals surface area contributed by atoms with Gasteiger partial charge in [0.15, 0.2) is 0 Å². The van der Waals surface area contributed by atoms with E-state index < -0.39 is 10.0 Å². The number of pyridine rings is 1. The maximum atomic E-state index is 13.1. The van der Waals surface area contributed by atoms with E-state index >= 15 is 0 Å². The van der Waals surface area contributed by atoms with Crippen molar-refractivity contribution in [2.45, 2.75) is 6.54 Å². The number of para-hydroxylation sites is 1. The van der Waals surface area contributed by atoms with Crippen LogP contribution in [-0.2, 0) is 23.6 Å². The normalized spacial score (nSPS) is 14.2. The standard InChI is InChI=1S/C27H30N8O4S/c1-33-18-20-7-8-21(16-24(20)32-33)30-26(36)22-5-3-4-6-23(22)29-17-19-9-10-28-25(15-19)31-27(37)34-11-13-35(14-12-34)40(2,38)39/h3-10,15-16,18,29H,11-14,17H2,1-2H3,(H,30,36)(H,28,31,37). The maximum absolute atomic E-state index is 13.1. The van der Waals surface area contributed by atoms with Gasteiger partial charge in [-0.2, -0.15) is 9.40 Å². The summed E-state index contributed by atoms with van der Waals surface area (Å²) in [5.41, 5.74) is 3.44. The Morgan fingerprint density at radius 2 is 1.75 bits per heavy atom. The third-order valence-electron chi connectivity index (χ3n) is 6.59. The smallest absolute Gasteiger partial charge is 0.323 e. The van der Waals surface area contributed by atoms with Crippen molar-refractivity contribution >= 4 is 50.1 Å². The highest BCUT2D eigenvalue weighted by Gasteiger charge is 2.26. The molecular weight excluding hydrogens is 532 g/mol. The van der Waals surface area contributed by atoms with Crippen LogP contribution < -0.4 is 16.0 Å². The third-order valence-corrected chi connectivity index (χ3v) is 7.89. The van der Waals surface area contributed by atoms with Gasteiger partial charge in [0.1, 0.15) is 5.82 Å². The Bertz CT molecular complexity index is 1660. The SMILES string of the molecule is Cn1cc2ccc(NC(=O)c3ccccc3NCc3ccnc(NC(=O)N4CCN(S(C)(=O)=O)CC4)c3)cc2n1. The molecule has 2 aromatic heterocycles. The van der Waals surface area contributed by atoms with Crippen molar-refractivity contribution in [3.05, 3.63) is 78.1 Å². The van der Waals surface area contributed by atoms with Crippen molar-refractivity contribution in [2.24, 2.45) is 7.05 Å². The number of sulfonamides is 1. The minimum atomic E-state index is -3.27. The number of amides is 3. The van der Waals surface area contributed by atoms with Crippen LogP contribution in [0.4, 0.5) is 22.0 Å². The van der Waals surface area contributed by atoms with E-state index in [0.717, 1.165) is 16.5 Å². The number of benzene rings is 2. The number of nitrogens with zero attached hydrogens (tertiary/aromatic N) is 5. The average molecular weight is 563 g/mol. The lowest BCUT2D eigenvalue weighted by Crippen LogP contribution is -2.51. The molecule has 13 heteroatoms. The summed E-state index contributed by atoms with van der Waals surface area (Å²) in [6.07, 6.45) is 4.68. The van der Waals surface area contributed by atoms with Crippen molar-refractivity contribution < 1.29 is 18.0 Å². The van der Waals surface area contributed by atoms with Crippen molar-refractivity contribution in [3.8, 4) is 0 Å². The molecule has 0 spiro atoms. The number of anilines is 3. The van der Waals surface area contributed by atoms with Crippen LogP contribution in [0.25, 0.3) is 10.9 Å². The van der Waals surface area contributed by atoms with Crippen molar-refractivity contribution in [1.29, 1.82) is 0 Å². The highest BCUT2D eigenvalue weighted by Crippen LogP contribution is 2.21. The lowest BCUT2D eigenvalue weighted by Gasteiger charge is -2.33. The Hall–Kier alpha value is -4.49. The van der Waals surface area contributed by atoms with E-state index in [2.05, 4.69) is 26.0 Å². The summed E-state index contributed by atoms with van der Waals surface area (Å²) in [7, 11) is -1.42. The number of carbonyl (C=O) groups is 2. The Balaban J connectivity index is 1.20. The molecule has 5 rings (SSSR count). The van der Waals surface area contributed by atoms with Crippen LogP contribution >= 0.6 is 0 Å². The summed E-state index contributed by atoms with van der Waals surface area (Å²) in [5, 5.41) is 14.4. The van der Waals surface area contributed by atoms with Gasteiger partial charge in [0.25, 0.3) is 5.91 Å². The molecule has 2 aromatic carbocycles. The second kappa shape index (κ2) is 11.3. The van der Waals surface area contributed by atoms with Crippen LogP contribution in [0.3, 0.4) is 0 Å². The molecule has 208 valence electrons. The molecule has 0 aliphatic carbocycles. The molecule has 3 heterocycles. The molecule has 12 nitrogen and oxygen atoms in total. The van der Waals surface area contributed by atoms with E-state index in [1.165, 1.54) is 10.6 Å². The fourth-order valence-corrected chi connectivity index (χ4v) is 5.34. The highest BCUT2D eigenvalue weighted by atomic mass is 32.2. The van der Waals surface area contributed by atoms with E-state index in [0.29, 0.717) is 42.4 Å². The second-order valence-electron chi connectivity index (χ2n) is 9.56. The Labute approximate surface area is 232 Å². The summed E-state index contributed by atoms with van der Waals surface area (Å²) in [6.45, 7) is 1.51. The molecule has 1 aliphatic heterocycles. The Morgan fingerprint density at radius 3 is 2.52 bits per heavy atom. The summed E-state index contributed by atoms with van der Waals surface area (Å²) >= 11 is 0. The summed E-state index contributed by atoms with van der Waals surface area (Å²) < 4.78 is 26.5. The van der Waals surface area contributed by atoms with Crippen LogP contribution in [0.2, 0.25) is 0 Å². The first-order chi connectivity index (χ1) is 19.2. The quantitative estimate of drug-likeness (QED) is 0.314. The summed E-state index contributed by atoms with van der Waals surface area (Å²) in [5.74, 6) is 0.128. The van der Waals surface area contributed by atoms with Gasteiger partial charge in [-0.05, 0) is 48.0 Å². The number of carbonyl (C=O) groups excluding carboxylic acids is 2. The van der Waals surface area contributed by atoms with Gasteiger partial charge in [-0.15, -0.1) is 0 Å². The molecule has 40 heavy (non-hydrogen) atoms. The molecule has 3 amide bonds. The minimum Gasteiger partial charge on any atom is -0.380 e. The van der Waals surface area contributed by atoms with Gasteiger partial charge < -0.3 is 15.5 Å². The van der Waals surface area contributed by atoms with Gasteiger partial charge in [-0.25, -0.2) is 18.2 Å². The first kappa shape index (κ1) is 27.1. The van der Waals surface area contributed by atoms with E-state index in [9.17, 15) is 18.0 Å². The first-order valence-electron chi connectivity index (χ1n) is 12.7. The molecule has 0 saturated carbocycles. The molecular formula is C27H30N8O4S. The summed E-state index contributed by atoms with van der Waals surface area (Å²) in [4.78, 5) is 31.6. The van der Waals surface area contributed by atoms with Gasteiger partial charge in [0.2, 0.25) is 10.0 Å². The molecule has 0 atom stereocenters. The van der Waals surface area contributed by atoms with Crippen LogP contribution in [0.5, 0.6) is 0 Å². The molecule has 4 aromatic rings. The molecule has 0 radical (unpaired) electrons. The van der Waals surface area contributed by atoms with Crippen LogP contribution in [-0.4, -0.2) is 76.8 Å². The number of aromatic nitrogens is 3. The molecule has 1 saturated heterocycles. The lowest BCUT2D eigenvalue weighted by molar-refractivity contribution is 0.102. The largest absolute Gasteiger partial charge is 0.380 e. The number of piperazine rings is 1. The lowest BCUT2D eigenvalue weighted by atomic mass is 10.1. The van der Waals surface area contributed by atoms with Crippen LogP contribution in [0.1, 0.15) is 15.9 Å². The number of hydrogen-bond donors (Lipinski definition) is 3. The van der Waals surface area contributed by atoms with Gasteiger partial charge >= 0.3 is 6.03 Å². The molecule has 0 bridgehead atoms. The van der Waals surface area contributed by atoms with Gasteiger partial charge in [-0.3, -0.25) is 14.8 Å². The third kappa shape index (κ3) is 6.38. The number of nitrogens with one attached hydrogen (secondary N) is 3. The number of aryl methyl sites for hydroxylation is 1. The molecule has 3 N–H and O–H groups in total. The van der Waals surface area contributed by atoms with Crippen molar-refractivity contribution in [1.82, 2.24) is 24.0 Å². The van der Waals surface area contributed by atoms with E-state index in [4.69, 9.17) is 0 Å². The fraction of sp³-hybridized carbons (Fsp3) is 0.259. The zero-order chi connectivity index (χ0) is 28.3. The van der Waals surface area contributed by atoms with Crippen LogP contribution in [0.15, 0.2) is 67.0 Å². The number of hydrogen-bond acceptors (Lipinski definition) is 7. The minimum absolute atomic E-state index is 0.253. The second-order valence-corrected chi connectivity index (χ2v) is 11.5. The van der Waals surface area contributed by atoms with Crippen molar-refractivity contribution in [3.63, 3.8) is 0 Å². The first-order valence-corrected chi connectivity index (χ1v) is 14.5. The van der Waals surface area contributed by atoms with Crippen molar-refractivity contribution in [2.75, 3.05) is 48.4 Å². The maximum Gasteiger partial charge on any atom is 0.323 e. The molecule has 0 unspecified atom stereocenters. The number of urea groups is 1. The topological polar surface area (TPSA) is 142 Å². The van der Waals surface area contributed by atoms with Gasteiger partial charge in [0, 0.05) is 68.9 Å². The molecule has 1 fully saturated rings. The zero-order valence-corrected chi connectivity index (χ0v) is 23.0. The zero-order valence-electron chi connectivity index (χ0n) is 22.2. The average Bonchev–Trinajstić information content (AvgIpc) is 3.31. The fourth-order valence-electron chi connectivity index (χ4n) is 4.51. The number of fused-ring (bicyclic) bond motifs is 1. The van der Waals surface area contributed by atoms with E-state index in [1.54, 1.807) is 34.0 Å². The predicted octanol–water partition coefficient (Wildman–Crippen LogP) is 2.94. The highest BCUT2D eigenvalue weighted by molar-refractivity contribution is 7.88. The Morgan fingerprint density at radius 1 is 0.975 bits per heavy atom.